The predicted octanol–water partition coefficient (Wildman–Crippen LogP) is 1.87. The highest BCUT2D eigenvalue weighted by Crippen LogP contribution is 2.04. The molecule has 0 fully saturated rings. The number of rotatable bonds is 9. The number of hydrogen-bond donors (Lipinski definition) is 0. The predicted molar refractivity (Wildman–Crippen MR) is 63.7 cm³/mol. The second kappa shape index (κ2) is 10.6. The van der Waals surface area contributed by atoms with Crippen molar-refractivity contribution in [2.45, 2.75) is 19.1 Å². The summed E-state index contributed by atoms with van der Waals surface area (Å²) in [5.41, 5.74) is 0. The zero-order valence-electron chi connectivity index (χ0n) is 9.04. The molecule has 0 aromatic heterocycles. The number of thioether (sulfide) groups is 1. The average Bonchev–Trinajstić information content (AvgIpc) is 2.09. The SMILES string of the molecule is COCCOCCSCC[SiH](C)C. The van der Waals surface area contributed by atoms with Crippen LogP contribution in [0.25, 0.3) is 0 Å². The Morgan fingerprint density at radius 3 is 2.46 bits per heavy atom. The summed E-state index contributed by atoms with van der Waals surface area (Å²) < 4.78 is 10.2. The van der Waals surface area contributed by atoms with Gasteiger partial charge in [-0.05, 0) is 5.75 Å². The lowest BCUT2D eigenvalue weighted by molar-refractivity contribution is 0.0790. The summed E-state index contributed by atoms with van der Waals surface area (Å²) in [6.45, 7) is 7.11. The first-order chi connectivity index (χ1) is 6.27. The fourth-order valence-electron chi connectivity index (χ4n) is 0.783. The molecule has 13 heavy (non-hydrogen) atoms. The highest BCUT2D eigenvalue weighted by Gasteiger charge is 1.95. The Balaban J connectivity index is 2.84. The highest BCUT2D eigenvalue weighted by molar-refractivity contribution is 7.99. The Morgan fingerprint density at radius 2 is 1.85 bits per heavy atom. The molecule has 0 aliphatic carbocycles. The molecule has 0 saturated carbocycles. The van der Waals surface area contributed by atoms with Crippen molar-refractivity contribution in [1.29, 1.82) is 0 Å². The molecule has 0 aliphatic rings. The van der Waals surface area contributed by atoms with E-state index in [0.717, 1.165) is 19.0 Å². The van der Waals surface area contributed by atoms with Crippen molar-refractivity contribution >= 4 is 20.6 Å². The maximum atomic E-state index is 5.35. The second-order valence-electron chi connectivity index (χ2n) is 3.40. The highest BCUT2D eigenvalue weighted by atomic mass is 32.2. The normalized spacial score (nSPS) is 11.1. The summed E-state index contributed by atoms with van der Waals surface area (Å²) in [4.78, 5) is 0. The van der Waals surface area contributed by atoms with Gasteiger partial charge in [0.15, 0.2) is 0 Å². The van der Waals surface area contributed by atoms with E-state index in [1.54, 1.807) is 7.11 Å². The van der Waals surface area contributed by atoms with E-state index < -0.39 is 0 Å². The van der Waals surface area contributed by atoms with Gasteiger partial charge in [0, 0.05) is 21.7 Å². The lowest BCUT2D eigenvalue weighted by Crippen LogP contribution is -2.05. The molecule has 0 bridgehead atoms. The van der Waals surface area contributed by atoms with E-state index in [9.17, 15) is 0 Å². The van der Waals surface area contributed by atoms with Gasteiger partial charge in [0.05, 0.1) is 19.8 Å². The van der Waals surface area contributed by atoms with E-state index in [4.69, 9.17) is 9.47 Å². The van der Waals surface area contributed by atoms with Crippen LogP contribution in [0.15, 0.2) is 0 Å². The summed E-state index contributed by atoms with van der Waals surface area (Å²) in [6.07, 6.45) is 0. The van der Waals surface area contributed by atoms with Gasteiger partial charge < -0.3 is 9.47 Å². The Morgan fingerprint density at radius 1 is 1.08 bits per heavy atom. The van der Waals surface area contributed by atoms with Crippen LogP contribution >= 0.6 is 11.8 Å². The van der Waals surface area contributed by atoms with Gasteiger partial charge in [-0.25, -0.2) is 0 Å². The molecular weight excluding hydrogens is 200 g/mol. The molecule has 0 saturated heterocycles. The van der Waals surface area contributed by atoms with Crippen LogP contribution in [0.1, 0.15) is 0 Å². The molecule has 0 aromatic carbocycles. The number of ether oxygens (including phenoxy) is 2. The van der Waals surface area contributed by atoms with E-state index in [2.05, 4.69) is 13.1 Å². The first-order valence-electron chi connectivity index (χ1n) is 4.91. The Bertz CT molecular complexity index is 102. The van der Waals surface area contributed by atoms with Gasteiger partial charge >= 0.3 is 0 Å². The van der Waals surface area contributed by atoms with E-state index in [0.29, 0.717) is 6.61 Å². The molecule has 0 aliphatic heterocycles. The van der Waals surface area contributed by atoms with Gasteiger partial charge in [0.1, 0.15) is 0 Å². The molecule has 0 heterocycles. The third-order valence-electron chi connectivity index (χ3n) is 1.64. The smallest absolute Gasteiger partial charge is 0.0700 e. The summed E-state index contributed by atoms with van der Waals surface area (Å²) in [5, 5.41) is 0. The lowest BCUT2D eigenvalue weighted by Gasteiger charge is -2.04. The minimum atomic E-state index is -0.322. The van der Waals surface area contributed by atoms with Gasteiger partial charge in [-0.2, -0.15) is 11.8 Å². The van der Waals surface area contributed by atoms with Gasteiger partial charge in [-0.1, -0.05) is 19.1 Å². The molecular formula is C9H22O2SSi. The van der Waals surface area contributed by atoms with Gasteiger partial charge in [-0.3, -0.25) is 0 Å². The van der Waals surface area contributed by atoms with Gasteiger partial charge in [-0.15, -0.1) is 0 Å². The Kier molecular flexibility index (Phi) is 11.0. The quantitative estimate of drug-likeness (QED) is 0.438. The third-order valence-corrected chi connectivity index (χ3v) is 4.48. The monoisotopic (exact) mass is 222 g/mol. The van der Waals surface area contributed by atoms with Crippen molar-refractivity contribution in [3.05, 3.63) is 0 Å². The molecule has 0 radical (unpaired) electrons. The van der Waals surface area contributed by atoms with E-state index in [-0.39, 0.29) is 8.80 Å². The zero-order valence-corrected chi connectivity index (χ0v) is 11.0. The molecule has 0 aromatic rings. The van der Waals surface area contributed by atoms with Crippen LogP contribution in [0.2, 0.25) is 19.1 Å². The minimum absolute atomic E-state index is 0.322. The maximum Gasteiger partial charge on any atom is 0.0700 e. The first-order valence-corrected chi connectivity index (χ1v) is 9.20. The van der Waals surface area contributed by atoms with Crippen LogP contribution in [0.5, 0.6) is 0 Å². The largest absolute Gasteiger partial charge is 0.382 e. The van der Waals surface area contributed by atoms with Crippen LogP contribution in [0, 0.1) is 0 Å². The fraction of sp³-hybridized carbons (Fsp3) is 1.00. The Hall–Kier alpha value is 0.487. The van der Waals surface area contributed by atoms with Crippen molar-refractivity contribution in [2.75, 3.05) is 38.4 Å². The molecule has 0 unspecified atom stereocenters. The summed E-state index contributed by atoms with van der Waals surface area (Å²) >= 11 is 2.01. The van der Waals surface area contributed by atoms with Crippen LogP contribution in [-0.4, -0.2) is 47.2 Å². The van der Waals surface area contributed by atoms with Crippen LogP contribution in [-0.2, 0) is 9.47 Å². The van der Waals surface area contributed by atoms with Gasteiger partial charge in [0.25, 0.3) is 0 Å². The lowest BCUT2D eigenvalue weighted by atomic mass is 10.7. The molecule has 2 nitrogen and oxygen atoms in total. The summed E-state index contributed by atoms with van der Waals surface area (Å²) in [5.74, 6) is 2.45. The standard InChI is InChI=1S/C9H22O2SSi/c1-10-4-5-11-6-7-12-8-9-13(2)3/h13H,4-9H2,1-3H3. The van der Waals surface area contributed by atoms with Crippen molar-refractivity contribution < 1.29 is 9.47 Å². The average molecular weight is 222 g/mol. The van der Waals surface area contributed by atoms with Crippen molar-refractivity contribution in [3.63, 3.8) is 0 Å². The van der Waals surface area contributed by atoms with Gasteiger partial charge in [0.2, 0.25) is 0 Å². The minimum Gasteiger partial charge on any atom is -0.382 e. The molecule has 0 amide bonds. The fourth-order valence-corrected chi connectivity index (χ4v) is 3.78. The van der Waals surface area contributed by atoms with Crippen molar-refractivity contribution in [3.8, 4) is 0 Å². The van der Waals surface area contributed by atoms with Crippen molar-refractivity contribution in [1.82, 2.24) is 0 Å². The summed E-state index contributed by atoms with van der Waals surface area (Å²) in [6, 6.07) is 1.45. The topological polar surface area (TPSA) is 18.5 Å². The molecule has 80 valence electrons. The second-order valence-corrected chi connectivity index (χ2v) is 7.99. The van der Waals surface area contributed by atoms with Crippen LogP contribution in [0.4, 0.5) is 0 Å². The first kappa shape index (κ1) is 13.5. The molecule has 4 heteroatoms. The van der Waals surface area contributed by atoms with E-state index >= 15 is 0 Å². The molecule has 0 atom stereocenters. The molecule has 0 rings (SSSR count). The van der Waals surface area contributed by atoms with E-state index in [1.165, 1.54) is 11.8 Å². The number of methoxy groups -OCH3 is 1. The maximum absolute atomic E-state index is 5.35. The summed E-state index contributed by atoms with van der Waals surface area (Å²) in [7, 11) is 1.38. The van der Waals surface area contributed by atoms with Crippen molar-refractivity contribution in [2.24, 2.45) is 0 Å². The third kappa shape index (κ3) is 12.5. The molecule has 0 spiro atoms. The number of hydrogen-bond acceptors (Lipinski definition) is 3. The molecule has 0 N–H and O–H groups in total. The Labute approximate surface area is 88.0 Å². The zero-order chi connectivity index (χ0) is 9.94. The van der Waals surface area contributed by atoms with E-state index in [1.807, 2.05) is 11.8 Å². The van der Waals surface area contributed by atoms with Crippen LogP contribution < -0.4 is 0 Å². The van der Waals surface area contributed by atoms with Crippen LogP contribution in [0.3, 0.4) is 0 Å².